The highest BCUT2D eigenvalue weighted by Gasteiger charge is 2.45. The summed E-state index contributed by atoms with van der Waals surface area (Å²) in [6, 6.07) is 27.1. The second-order valence-corrected chi connectivity index (χ2v) is 14.2. The highest BCUT2D eigenvalue weighted by Crippen LogP contribution is 2.47. The SMILES string of the molecule is O=C1CCC(N2C(=O)c3cc(Br)c(CN4CCN(c5ccc([C@@H]6c7ccc(O)cc7OC[C@@H]6c6ccccc6)cc5)CC4)cc3C2=O)C(=O)N1. The zero-order chi connectivity index (χ0) is 34.5. The standard InChI is InChI=1S/C39H35BrN4O6/c40-32-20-30-29(38(48)44(39(30)49)33-12-13-35(46)41-37(33)47)18-25(32)21-42-14-16-43(17-15-42)26-8-6-24(7-9-26)36-28-11-10-27(45)19-34(28)50-22-31(36)23-4-2-1-3-5-23/h1-11,18-20,31,33,36,45H,12-17,21-22H2,(H,41,46,47)/t31-,33?,36-/m1/s1. The number of nitrogens with zero attached hydrogens (tertiary/aromatic N) is 3. The fourth-order valence-corrected chi connectivity index (χ4v) is 8.22. The molecule has 0 aromatic heterocycles. The van der Waals surface area contributed by atoms with E-state index >= 15 is 0 Å². The molecule has 1 unspecified atom stereocenters. The Labute approximate surface area is 297 Å². The molecule has 8 rings (SSSR count). The number of benzene rings is 4. The Morgan fingerprint density at radius 1 is 0.820 bits per heavy atom. The summed E-state index contributed by atoms with van der Waals surface area (Å²) >= 11 is 3.62. The molecular formula is C39H35BrN4O6. The van der Waals surface area contributed by atoms with Crippen LogP contribution < -0.4 is 15.0 Å². The molecule has 4 aliphatic heterocycles. The Morgan fingerprint density at radius 2 is 1.54 bits per heavy atom. The van der Waals surface area contributed by atoms with Crippen LogP contribution in [0, 0.1) is 0 Å². The van der Waals surface area contributed by atoms with Crippen molar-refractivity contribution in [3.05, 3.63) is 123 Å². The van der Waals surface area contributed by atoms with E-state index in [0.717, 1.165) is 58.1 Å². The maximum Gasteiger partial charge on any atom is 0.262 e. The van der Waals surface area contributed by atoms with Crippen LogP contribution in [0.15, 0.2) is 89.4 Å². The third-order valence-electron chi connectivity index (χ3n) is 10.4. The van der Waals surface area contributed by atoms with Crippen LogP contribution in [0.4, 0.5) is 5.69 Å². The maximum absolute atomic E-state index is 13.4. The average molecular weight is 736 g/mol. The van der Waals surface area contributed by atoms with Gasteiger partial charge in [-0.1, -0.05) is 64.5 Å². The number of anilines is 1. The number of amides is 4. The number of rotatable bonds is 6. The minimum absolute atomic E-state index is 0.0803. The van der Waals surface area contributed by atoms with Gasteiger partial charge in [-0.3, -0.25) is 34.3 Å². The van der Waals surface area contributed by atoms with Crippen molar-refractivity contribution < 1.29 is 29.0 Å². The lowest BCUT2D eigenvalue weighted by atomic mass is 9.76. The molecule has 10 nitrogen and oxygen atoms in total. The van der Waals surface area contributed by atoms with Crippen molar-refractivity contribution in [2.24, 2.45) is 0 Å². The lowest BCUT2D eigenvalue weighted by Crippen LogP contribution is -2.54. The number of carbonyl (C=O) groups excluding carboxylic acids is 4. The molecule has 2 N–H and O–H groups in total. The molecular weight excluding hydrogens is 700 g/mol. The van der Waals surface area contributed by atoms with Gasteiger partial charge in [0.1, 0.15) is 17.5 Å². The Morgan fingerprint density at radius 3 is 2.26 bits per heavy atom. The van der Waals surface area contributed by atoms with E-state index in [1.165, 1.54) is 11.1 Å². The van der Waals surface area contributed by atoms with Crippen LogP contribution in [0.2, 0.25) is 0 Å². The molecule has 0 radical (unpaired) electrons. The van der Waals surface area contributed by atoms with Crippen molar-refractivity contribution in [3.63, 3.8) is 0 Å². The van der Waals surface area contributed by atoms with Crippen molar-refractivity contribution in [1.29, 1.82) is 0 Å². The summed E-state index contributed by atoms with van der Waals surface area (Å²) in [5, 5.41) is 12.4. The molecule has 4 aromatic carbocycles. The van der Waals surface area contributed by atoms with Gasteiger partial charge >= 0.3 is 0 Å². The van der Waals surface area contributed by atoms with E-state index in [1.807, 2.05) is 12.1 Å². The van der Waals surface area contributed by atoms with Crippen molar-refractivity contribution in [1.82, 2.24) is 15.1 Å². The number of aromatic hydroxyl groups is 1. The quantitative estimate of drug-likeness (QED) is 0.260. The molecule has 11 heteroatoms. The number of hydrogen-bond donors (Lipinski definition) is 2. The lowest BCUT2D eigenvalue weighted by Gasteiger charge is -2.37. The van der Waals surface area contributed by atoms with Crippen LogP contribution in [-0.2, 0) is 16.1 Å². The Bertz CT molecular complexity index is 2010. The van der Waals surface area contributed by atoms with E-state index in [1.54, 1.807) is 24.3 Å². The van der Waals surface area contributed by atoms with Gasteiger partial charge in [0, 0.05) is 72.8 Å². The first-order chi connectivity index (χ1) is 24.2. The number of hydrogen-bond acceptors (Lipinski definition) is 8. The topological polar surface area (TPSA) is 119 Å². The number of piperidine rings is 1. The number of ether oxygens (including phenoxy) is 1. The summed E-state index contributed by atoms with van der Waals surface area (Å²) in [5.41, 5.74) is 6.08. The van der Waals surface area contributed by atoms with Gasteiger partial charge in [-0.15, -0.1) is 0 Å². The third-order valence-corrected chi connectivity index (χ3v) is 11.1. The fraction of sp³-hybridized carbons (Fsp3) is 0.282. The second kappa shape index (κ2) is 13.0. The number of carbonyl (C=O) groups is 4. The highest BCUT2D eigenvalue weighted by molar-refractivity contribution is 9.10. The lowest BCUT2D eigenvalue weighted by molar-refractivity contribution is -0.136. The predicted octanol–water partition coefficient (Wildman–Crippen LogP) is 5.19. The minimum atomic E-state index is -0.989. The van der Waals surface area contributed by atoms with Crippen LogP contribution in [0.25, 0.3) is 0 Å². The molecule has 4 heterocycles. The molecule has 3 atom stereocenters. The minimum Gasteiger partial charge on any atom is -0.508 e. The summed E-state index contributed by atoms with van der Waals surface area (Å²) in [6.07, 6.45) is 0.209. The second-order valence-electron chi connectivity index (χ2n) is 13.3. The molecule has 2 fully saturated rings. The molecule has 50 heavy (non-hydrogen) atoms. The summed E-state index contributed by atoms with van der Waals surface area (Å²) in [5.74, 6) is -0.897. The first-order valence-corrected chi connectivity index (χ1v) is 17.7. The number of phenolic OH excluding ortho intramolecular Hbond substituents is 1. The van der Waals surface area contributed by atoms with Gasteiger partial charge in [-0.25, -0.2) is 0 Å². The Kier molecular flexibility index (Phi) is 8.40. The van der Waals surface area contributed by atoms with Gasteiger partial charge in [0.05, 0.1) is 17.7 Å². The van der Waals surface area contributed by atoms with Gasteiger partial charge in [0.25, 0.3) is 11.8 Å². The number of halogens is 1. The van der Waals surface area contributed by atoms with Gasteiger partial charge in [0.15, 0.2) is 0 Å². The summed E-state index contributed by atoms with van der Waals surface area (Å²) in [4.78, 5) is 56.4. The molecule has 4 amide bonds. The smallest absolute Gasteiger partial charge is 0.262 e. The van der Waals surface area contributed by atoms with Crippen molar-refractivity contribution in [2.75, 3.05) is 37.7 Å². The zero-order valence-corrected chi connectivity index (χ0v) is 28.8. The van der Waals surface area contributed by atoms with Gasteiger partial charge < -0.3 is 14.7 Å². The Hall–Kier alpha value is -5.00. The largest absolute Gasteiger partial charge is 0.508 e. The van der Waals surface area contributed by atoms with Gasteiger partial charge in [-0.2, -0.15) is 0 Å². The summed E-state index contributed by atoms with van der Waals surface area (Å²) in [7, 11) is 0. The van der Waals surface area contributed by atoms with Gasteiger partial charge in [-0.05, 0) is 53.4 Å². The number of imide groups is 2. The van der Waals surface area contributed by atoms with Crippen LogP contribution >= 0.6 is 15.9 Å². The van der Waals surface area contributed by atoms with E-state index in [4.69, 9.17) is 4.74 Å². The summed E-state index contributed by atoms with van der Waals surface area (Å²) in [6.45, 7) is 4.40. The molecule has 0 spiro atoms. The maximum atomic E-state index is 13.4. The first-order valence-electron chi connectivity index (χ1n) is 16.9. The van der Waals surface area contributed by atoms with E-state index in [9.17, 15) is 24.3 Å². The molecule has 4 aromatic rings. The molecule has 254 valence electrons. The number of fused-ring (bicyclic) bond motifs is 2. The van der Waals surface area contributed by atoms with E-state index < -0.39 is 29.7 Å². The van der Waals surface area contributed by atoms with Crippen LogP contribution in [0.3, 0.4) is 0 Å². The van der Waals surface area contributed by atoms with Gasteiger partial charge in [0.2, 0.25) is 11.8 Å². The monoisotopic (exact) mass is 734 g/mol. The Balaban J connectivity index is 0.946. The van der Waals surface area contributed by atoms with Crippen LogP contribution in [-0.4, -0.2) is 77.4 Å². The number of piperazine rings is 1. The molecule has 0 aliphatic carbocycles. The zero-order valence-electron chi connectivity index (χ0n) is 27.2. The van der Waals surface area contributed by atoms with E-state index in [0.29, 0.717) is 13.2 Å². The number of phenols is 1. The van der Waals surface area contributed by atoms with Crippen LogP contribution in [0.5, 0.6) is 11.5 Å². The molecule has 4 aliphatic rings. The van der Waals surface area contributed by atoms with Crippen LogP contribution in [0.1, 0.15) is 67.6 Å². The van der Waals surface area contributed by atoms with E-state index in [2.05, 4.69) is 79.6 Å². The first kappa shape index (κ1) is 32.2. The fourth-order valence-electron chi connectivity index (χ4n) is 7.75. The normalized spacial score (nSPS) is 22.2. The summed E-state index contributed by atoms with van der Waals surface area (Å²) < 4.78 is 6.87. The van der Waals surface area contributed by atoms with Crippen molar-refractivity contribution >= 4 is 45.2 Å². The van der Waals surface area contributed by atoms with Crippen molar-refractivity contribution in [3.8, 4) is 11.5 Å². The predicted molar refractivity (Wildman–Crippen MR) is 189 cm³/mol. The van der Waals surface area contributed by atoms with Crippen molar-refractivity contribution in [2.45, 2.75) is 37.3 Å². The number of nitrogens with one attached hydrogen (secondary N) is 1. The van der Waals surface area contributed by atoms with E-state index in [-0.39, 0.29) is 41.6 Å². The molecule has 0 saturated carbocycles. The average Bonchev–Trinajstić information content (AvgIpc) is 3.36. The third kappa shape index (κ3) is 5.84. The molecule has 2 saturated heterocycles. The highest BCUT2D eigenvalue weighted by atomic mass is 79.9. The molecule has 0 bridgehead atoms.